The van der Waals surface area contributed by atoms with Crippen molar-refractivity contribution < 1.29 is 4.55 Å². The molecule has 0 radical (unpaired) electrons. The molecule has 0 aliphatic heterocycles. The van der Waals surface area contributed by atoms with Gasteiger partial charge in [0.1, 0.15) is 21.8 Å². The van der Waals surface area contributed by atoms with Crippen LogP contribution in [-0.4, -0.2) is 15.0 Å². The average Bonchev–Trinajstić information content (AvgIpc) is 2.47. The lowest BCUT2D eigenvalue weighted by molar-refractivity contribution is 0.536. The minimum atomic E-state index is -1.21. The zero-order valence-corrected chi connectivity index (χ0v) is 14.5. The molecule has 1 aromatic rings. The lowest BCUT2D eigenvalue weighted by Gasteiger charge is -2.22. The van der Waals surface area contributed by atoms with Crippen LogP contribution in [0.1, 0.15) is 45.7 Å². The van der Waals surface area contributed by atoms with Gasteiger partial charge in [0.2, 0.25) is 0 Å². The molecule has 19 heavy (non-hydrogen) atoms. The molecule has 1 atom stereocenters. The summed E-state index contributed by atoms with van der Waals surface area (Å²) in [6.07, 6.45) is 0.946. The minimum Gasteiger partial charge on any atom is -0.591 e. The van der Waals surface area contributed by atoms with Crippen molar-refractivity contribution in [2.24, 2.45) is 9.81 Å². The van der Waals surface area contributed by atoms with Gasteiger partial charge < -0.3 is 4.55 Å². The molecule has 104 valence electrons. The summed E-state index contributed by atoms with van der Waals surface area (Å²) in [5.74, 6) is 0. The summed E-state index contributed by atoms with van der Waals surface area (Å²) in [6.45, 7) is 10.2. The highest BCUT2D eigenvalue weighted by Crippen LogP contribution is 2.39. The van der Waals surface area contributed by atoms with Crippen molar-refractivity contribution in [2.45, 2.75) is 45.8 Å². The summed E-state index contributed by atoms with van der Waals surface area (Å²) in [5.41, 5.74) is 3.35. The topological polar surface area (TPSA) is 35.4 Å². The van der Waals surface area contributed by atoms with E-state index in [1.807, 2.05) is 26.8 Å². The normalized spacial score (nSPS) is 21.5. The van der Waals surface area contributed by atoms with Crippen molar-refractivity contribution in [3.63, 3.8) is 0 Å². The van der Waals surface area contributed by atoms with Crippen LogP contribution in [0.4, 0.5) is 0 Å². The third kappa shape index (κ3) is 3.06. The van der Waals surface area contributed by atoms with E-state index in [4.69, 9.17) is 0 Å². The zero-order valence-electron chi connectivity index (χ0n) is 12.1. The lowest BCUT2D eigenvalue weighted by Crippen LogP contribution is -2.29. The molecule has 1 aliphatic carbocycles. The van der Waals surface area contributed by atoms with E-state index in [-0.39, 0.29) is 10.2 Å². The van der Waals surface area contributed by atoms with Crippen molar-refractivity contribution in [1.29, 1.82) is 0 Å². The van der Waals surface area contributed by atoms with Crippen molar-refractivity contribution in [3.8, 4) is 0 Å². The molecule has 0 spiro atoms. The molecule has 1 aliphatic rings. The second-order valence-electron chi connectivity index (χ2n) is 6.66. The Bertz CT molecular complexity index is 531. The van der Waals surface area contributed by atoms with Gasteiger partial charge in [-0.15, -0.1) is 0 Å². The summed E-state index contributed by atoms with van der Waals surface area (Å²) >= 11 is 2.29. The van der Waals surface area contributed by atoms with Gasteiger partial charge in [0.15, 0.2) is 0 Å². The summed E-state index contributed by atoms with van der Waals surface area (Å²) in [7, 11) is 0. The van der Waals surface area contributed by atoms with E-state index in [0.29, 0.717) is 0 Å². The van der Waals surface area contributed by atoms with Crippen LogP contribution < -0.4 is 0 Å². The van der Waals surface area contributed by atoms with E-state index in [0.717, 1.165) is 22.2 Å². The predicted octanol–water partition coefficient (Wildman–Crippen LogP) is 4.28. The molecule has 0 N–H and O–H groups in total. The minimum absolute atomic E-state index is 0.0516. The molecule has 4 heteroatoms. The highest BCUT2D eigenvalue weighted by molar-refractivity contribution is 9.10. The standard InChI is InChI=1S/C15H20BrNOS/c1-14(2,3)19(18)17-13-12-7-6-11(16)8-10(12)9-15(13,4)5/h6-8H,9H2,1-5H3. The smallest absolute Gasteiger partial charge is 0.144 e. The van der Waals surface area contributed by atoms with E-state index in [2.05, 4.69) is 46.3 Å². The molecule has 2 nitrogen and oxygen atoms in total. The largest absolute Gasteiger partial charge is 0.591 e. The maximum absolute atomic E-state index is 12.3. The van der Waals surface area contributed by atoms with Crippen LogP contribution in [0.2, 0.25) is 0 Å². The van der Waals surface area contributed by atoms with Crippen LogP contribution in [0.5, 0.6) is 0 Å². The van der Waals surface area contributed by atoms with Crippen LogP contribution in [0.3, 0.4) is 0 Å². The number of halogens is 1. The zero-order chi connectivity index (χ0) is 14.4. The van der Waals surface area contributed by atoms with Crippen molar-refractivity contribution in [3.05, 3.63) is 33.8 Å². The van der Waals surface area contributed by atoms with Crippen LogP contribution in [0, 0.1) is 5.41 Å². The van der Waals surface area contributed by atoms with E-state index in [9.17, 15) is 4.55 Å². The maximum atomic E-state index is 12.3. The number of hydrogen-bond acceptors (Lipinski definition) is 2. The first-order valence-corrected chi connectivity index (χ1v) is 8.31. The average molecular weight is 342 g/mol. The van der Waals surface area contributed by atoms with Crippen molar-refractivity contribution in [2.75, 3.05) is 0 Å². The first kappa shape index (κ1) is 15.1. The summed E-state index contributed by atoms with van der Waals surface area (Å²) in [4.78, 5) is 0. The molecule has 0 heterocycles. The fourth-order valence-corrected chi connectivity index (χ4v) is 3.45. The van der Waals surface area contributed by atoms with Gasteiger partial charge >= 0.3 is 0 Å². The quantitative estimate of drug-likeness (QED) is 0.702. The van der Waals surface area contributed by atoms with Gasteiger partial charge in [-0.25, -0.2) is 0 Å². The van der Waals surface area contributed by atoms with Crippen LogP contribution in [0.15, 0.2) is 27.1 Å². The van der Waals surface area contributed by atoms with Gasteiger partial charge in [0, 0.05) is 15.5 Å². The molecule has 0 amide bonds. The van der Waals surface area contributed by atoms with Gasteiger partial charge in [-0.1, -0.05) is 40.2 Å². The number of benzene rings is 1. The highest BCUT2D eigenvalue weighted by atomic mass is 79.9. The Hall–Kier alpha value is -0.320. The highest BCUT2D eigenvalue weighted by Gasteiger charge is 2.39. The predicted molar refractivity (Wildman–Crippen MR) is 86.1 cm³/mol. The fourth-order valence-electron chi connectivity index (χ4n) is 2.26. The van der Waals surface area contributed by atoms with Crippen molar-refractivity contribution >= 4 is 33.0 Å². The molecular weight excluding hydrogens is 322 g/mol. The lowest BCUT2D eigenvalue weighted by atomic mass is 9.88. The van der Waals surface area contributed by atoms with Crippen LogP contribution in [0.25, 0.3) is 0 Å². The maximum Gasteiger partial charge on any atom is 0.144 e. The molecule has 1 aromatic carbocycles. The Morgan fingerprint density at radius 3 is 2.53 bits per heavy atom. The van der Waals surface area contributed by atoms with Crippen LogP contribution in [-0.2, 0) is 17.8 Å². The molecule has 0 bridgehead atoms. The monoisotopic (exact) mass is 341 g/mol. The third-order valence-corrected chi connectivity index (χ3v) is 5.18. The molecule has 0 aromatic heterocycles. The summed E-state index contributed by atoms with van der Waals surface area (Å²) in [6, 6.07) is 6.24. The van der Waals surface area contributed by atoms with E-state index in [1.54, 1.807) is 0 Å². The Morgan fingerprint density at radius 2 is 1.95 bits per heavy atom. The summed E-state index contributed by atoms with van der Waals surface area (Å²) < 4.78 is 17.6. The SMILES string of the molecule is CC1(C)Cc2cc(Br)ccc2C1=N[S+]([O-])C(C)(C)C. The Labute approximate surface area is 127 Å². The second kappa shape index (κ2) is 4.90. The molecule has 2 rings (SSSR count). The Balaban J connectivity index is 2.48. The Kier molecular flexibility index (Phi) is 3.89. The molecule has 0 fully saturated rings. The van der Waals surface area contributed by atoms with Crippen molar-refractivity contribution in [1.82, 2.24) is 0 Å². The molecule has 1 unspecified atom stereocenters. The number of fused-ring (bicyclic) bond motifs is 1. The first-order valence-electron chi connectivity index (χ1n) is 6.41. The van der Waals surface area contributed by atoms with Gasteiger partial charge in [-0.2, -0.15) is 0 Å². The van der Waals surface area contributed by atoms with Gasteiger partial charge in [-0.05, 0) is 44.9 Å². The molecule has 0 saturated carbocycles. The number of rotatable bonds is 1. The van der Waals surface area contributed by atoms with E-state index >= 15 is 0 Å². The number of nitrogens with zero attached hydrogens (tertiary/aromatic N) is 1. The summed E-state index contributed by atoms with van der Waals surface area (Å²) in [5, 5.41) is 0. The van der Waals surface area contributed by atoms with E-state index in [1.165, 1.54) is 5.56 Å². The van der Waals surface area contributed by atoms with E-state index < -0.39 is 11.4 Å². The molecule has 0 saturated heterocycles. The fraction of sp³-hybridized carbons (Fsp3) is 0.533. The second-order valence-corrected chi connectivity index (χ2v) is 9.48. The first-order chi connectivity index (χ1) is 8.61. The van der Waals surface area contributed by atoms with Gasteiger partial charge in [-0.3, -0.25) is 0 Å². The molecular formula is C15H20BrNOS. The van der Waals surface area contributed by atoms with Crippen LogP contribution >= 0.6 is 15.9 Å². The Morgan fingerprint density at radius 1 is 1.32 bits per heavy atom. The van der Waals surface area contributed by atoms with Gasteiger partial charge in [0.25, 0.3) is 0 Å². The third-order valence-electron chi connectivity index (χ3n) is 3.29. The van der Waals surface area contributed by atoms with Gasteiger partial charge in [0.05, 0.1) is 0 Å². The number of hydrogen-bond donors (Lipinski definition) is 0.